The van der Waals surface area contributed by atoms with Crippen LogP contribution in [0.5, 0.6) is 0 Å². The lowest BCUT2D eigenvalue weighted by atomic mass is 10.0. The van der Waals surface area contributed by atoms with E-state index >= 15 is 0 Å². The van der Waals surface area contributed by atoms with Gasteiger partial charge in [-0.2, -0.15) is 0 Å². The summed E-state index contributed by atoms with van der Waals surface area (Å²) in [7, 11) is -3.70. The second kappa shape index (κ2) is 8.55. The summed E-state index contributed by atoms with van der Waals surface area (Å²) in [6.45, 7) is 1.63. The van der Waals surface area contributed by atoms with Crippen LogP contribution in [0.1, 0.15) is 18.0 Å². The minimum Gasteiger partial charge on any atom is -0.333 e. The second-order valence-corrected chi connectivity index (χ2v) is 7.97. The summed E-state index contributed by atoms with van der Waals surface area (Å²) in [5.74, 6) is -0.533. The number of carbonyl (C=O) groups is 1. The van der Waals surface area contributed by atoms with Crippen LogP contribution >= 0.6 is 0 Å². The molecule has 3 rings (SSSR count). The molecule has 1 aromatic heterocycles. The van der Waals surface area contributed by atoms with E-state index in [-0.39, 0.29) is 35.6 Å². The van der Waals surface area contributed by atoms with Crippen molar-refractivity contribution in [3.05, 3.63) is 60.2 Å². The SMILES string of the molecule is O=C(CCNS(=O)(=O)c1cccnc1)N1CCNCC1c1cccc(F)c1. The van der Waals surface area contributed by atoms with Gasteiger partial charge in [-0.1, -0.05) is 12.1 Å². The first-order chi connectivity index (χ1) is 13.0. The fourth-order valence-corrected chi connectivity index (χ4v) is 4.03. The van der Waals surface area contributed by atoms with Crippen molar-refractivity contribution in [2.75, 3.05) is 26.2 Å². The van der Waals surface area contributed by atoms with Crippen molar-refractivity contribution in [2.24, 2.45) is 0 Å². The van der Waals surface area contributed by atoms with Gasteiger partial charge >= 0.3 is 0 Å². The number of carbonyl (C=O) groups excluding carboxylic acids is 1. The van der Waals surface area contributed by atoms with E-state index in [0.29, 0.717) is 25.2 Å². The number of rotatable bonds is 6. The van der Waals surface area contributed by atoms with Crippen LogP contribution in [-0.4, -0.2) is 50.4 Å². The Morgan fingerprint density at radius 1 is 1.33 bits per heavy atom. The lowest BCUT2D eigenvalue weighted by Gasteiger charge is -2.36. The first-order valence-corrected chi connectivity index (χ1v) is 10.1. The maximum absolute atomic E-state index is 13.5. The maximum atomic E-state index is 13.5. The largest absolute Gasteiger partial charge is 0.333 e. The van der Waals surface area contributed by atoms with E-state index < -0.39 is 10.0 Å². The molecule has 1 atom stereocenters. The van der Waals surface area contributed by atoms with Gasteiger partial charge in [0.2, 0.25) is 15.9 Å². The van der Waals surface area contributed by atoms with E-state index in [9.17, 15) is 17.6 Å². The summed E-state index contributed by atoms with van der Waals surface area (Å²) in [6, 6.07) is 8.87. The third-order valence-electron chi connectivity index (χ3n) is 4.37. The van der Waals surface area contributed by atoms with Crippen molar-refractivity contribution < 1.29 is 17.6 Å². The number of amides is 1. The predicted molar refractivity (Wildman–Crippen MR) is 97.8 cm³/mol. The number of nitrogens with zero attached hydrogens (tertiary/aromatic N) is 2. The first kappa shape index (κ1) is 19.4. The van der Waals surface area contributed by atoms with E-state index in [2.05, 4.69) is 15.0 Å². The minimum atomic E-state index is -3.70. The quantitative estimate of drug-likeness (QED) is 0.767. The smallest absolute Gasteiger partial charge is 0.242 e. The molecule has 0 aliphatic carbocycles. The predicted octanol–water partition coefficient (Wildman–Crippen LogP) is 1.06. The number of piperazine rings is 1. The van der Waals surface area contributed by atoms with Gasteiger partial charge < -0.3 is 10.2 Å². The lowest BCUT2D eigenvalue weighted by molar-refractivity contribution is -0.134. The highest BCUT2D eigenvalue weighted by Gasteiger charge is 2.28. The Bertz CT molecular complexity index is 892. The van der Waals surface area contributed by atoms with Crippen molar-refractivity contribution in [1.82, 2.24) is 19.9 Å². The van der Waals surface area contributed by atoms with Crippen LogP contribution in [0.2, 0.25) is 0 Å². The van der Waals surface area contributed by atoms with Gasteiger partial charge in [-0.15, -0.1) is 0 Å². The summed E-state index contributed by atoms with van der Waals surface area (Å²) >= 11 is 0. The fourth-order valence-electron chi connectivity index (χ4n) is 3.04. The molecule has 0 saturated carbocycles. The number of nitrogens with one attached hydrogen (secondary N) is 2. The molecule has 7 nitrogen and oxygen atoms in total. The van der Waals surface area contributed by atoms with Crippen LogP contribution < -0.4 is 10.0 Å². The topological polar surface area (TPSA) is 91.4 Å². The molecule has 1 fully saturated rings. The second-order valence-electron chi connectivity index (χ2n) is 6.20. The average molecular weight is 392 g/mol. The number of hydrogen-bond donors (Lipinski definition) is 2. The van der Waals surface area contributed by atoms with Crippen molar-refractivity contribution in [3.8, 4) is 0 Å². The molecule has 27 heavy (non-hydrogen) atoms. The highest BCUT2D eigenvalue weighted by molar-refractivity contribution is 7.89. The van der Waals surface area contributed by atoms with Crippen LogP contribution in [0.3, 0.4) is 0 Å². The molecule has 1 aromatic carbocycles. The van der Waals surface area contributed by atoms with E-state index in [4.69, 9.17) is 0 Å². The summed E-state index contributed by atoms with van der Waals surface area (Å²) in [6.07, 6.45) is 2.76. The Hall–Kier alpha value is -2.36. The van der Waals surface area contributed by atoms with E-state index in [1.54, 1.807) is 17.0 Å². The third-order valence-corrected chi connectivity index (χ3v) is 5.82. The maximum Gasteiger partial charge on any atom is 0.242 e. The van der Waals surface area contributed by atoms with Crippen molar-refractivity contribution >= 4 is 15.9 Å². The van der Waals surface area contributed by atoms with Crippen LogP contribution in [0.25, 0.3) is 0 Å². The molecule has 1 aliphatic heterocycles. The Labute approximate surface area is 157 Å². The highest BCUT2D eigenvalue weighted by Crippen LogP contribution is 2.23. The third kappa shape index (κ3) is 4.88. The minimum absolute atomic E-state index is 0.0180. The summed E-state index contributed by atoms with van der Waals surface area (Å²) in [4.78, 5) is 18.2. The molecule has 9 heteroatoms. The Morgan fingerprint density at radius 3 is 2.93 bits per heavy atom. The molecule has 0 spiro atoms. The Kier molecular flexibility index (Phi) is 6.15. The van der Waals surface area contributed by atoms with Gasteiger partial charge in [0.25, 0.3) is 0 Å². The zero-order chi connectivity index (χ0) is 19.3. The van der Waals surface area contributed by atoms with Gasteiger partial charge in [-0.3, -0.25) is 9.78 Å². The summed E-state index contributed by atoms with van der Waals surface area (Å²) < 4.78 is 40.3. The van der Waals surface area contributed by atoms with E-state index in [1.165, 1.54) is 36.7 Å². The molecule has 2 aromatic rings. The highest BCUT2D eigenvalue weighted by atomic mass is 32.2. The molecule has 0 bridgehead atoms. The Morgan fingerprint density at radius 2 is 2.19 bits per heavy atom. The molecular weight excluding hydrogens is 371 g/mol. The van der Waals surface area contributed by atoms with Crippen molar-refractivity contribution in [2.45, 2.75) is 17.4 Å². The van der Waals surface area contributed by atoms with Gasteiger partial charge in [-0.25, -0.2) is 17.5 Å². The molecule has 1 aliphatic rings. The van der Waals surface area contributed by atoms with E-state index in [0.717, 1.165) is 0 Å². The van der Waals surface area contributed by atoms with Gasteiger partial charge in [0.1, 0.15) is 10.7 Å². The average Bonchev–Trinajstić information content (AvgIpc) is 2.68. The molecule has 1 amide bonds. The van der Waals surface area contributed by atoms with Crippen molar-refractivity contribution in [3.63, 3.8) is 0 Å². The number of hydrogen-bond acceptors (Lipinski definition) is 5. The summed E-state index contributed by atoms with van der Waals surface area (Å²) in [5.41, 5.74) is 0.714. The molecule has 2 N–H and O–H groups in total. The number of aromatic nitrogens is 1. The molecule has 0 radical (unpaired) electrons. The molecule has 1 unspecified atom stereocenters. The normalized spacial score (nSPS) is 17.7. The monoisotopic (exact) mass is 392 g/mol. The van der Waals surface area contributed by atoms with Gasteiger partial charge in [0.15, 0.2) is 0 Å². The Balaban J connectivity index is 1.62. The molecule has 2 heterocycles. The molecular formula is C18H21FN4O3S. The number of halogens is 1. The van der Waals surface area contributed by atoms with Crippen LogP contribution in [0, 0.1) is 5.82 Å². The lowest BCUT2D eigenvalue weighted by Crippen LogP contribution is -2.49. The zero-order valence-corrected chi connectivity index (χ0v) is 15.5. The van der Waals surface area contributed by atoms with Gasteiger partial charge in [0, 0.05) is 45.0 Å². The number of sulfonamides is 1. The molecule has 144 valence electrons. The first-order valence-electron chi connectivity index (χ1n) is 8.63. The van der Waals surface area contributed by atoms with Crippen molar-refractivity contribution in [1.29, 1.82) is 0 Å². The summed E-state index contributed by atoms with van der Waals surface area (Å²) in [5, 5.41) is 3.20. The number of pyridine rings is 1. The van der Waals surface area contributed by atoms with Gasteiger partial charge in [-0.05, 0) is 29.8 Å². The zero-order valence-electron chi connectivity index (χ0n) is 14.6. The van der Waals surface area contributed by atoms with E-state index in [1.807, 2.05) is 0 Å². The number of benzene rings is 1. The van der Waals surface area contributed by atoms with Crippen LogP contribution in [0.15, 0.2) is 53.7 Å². The van der Waals surface area contributed by atoms with Gasteiger partial charge in [0.05, 0.1) is 6.04 Å². The van der Waals surface area contributed by atoms with Crippen LogP contribution in [-0.2, 0) is 14.8 Å². The standard InChI is InChI=1S/C18H21FN4O3S/c19-15-4-1-3-14(11-15)17-13-21-9-10-23(17)18(24)6-8-22-27(25,26)16-5-2-7-20-12-16/h1-5,7,11-12,17,21-22H,6,8-10,13H2. The van der Waals surface area contributed by atoms with Crippen LogP contribution in [0.4, 0.5) is 4.39 Å². The fraction of sp³-hybridized carbons (Fsp3) is 0.333. The molecule has 1 saturated heterocycles.